The zero-order chi connectivity index (χ0) is 16.6. The normalized spacial score (nSPS) is 10.5. The summed E-state index contributed by atoms with van der Waals surface area (Å²) >= 11 is 0. The lowest BCUT2D eigenvalue weighted by atomic mass is 10.1. The predicted molar refractivity (Wildman–Crippen MR) is 91.1 cm³/mol. The van der Waals surface area contributed by atoms with Gasteiger partial charge in [0.25, 0.3) is 0 Å². The second kappa shape index (κ2) is 14.9. The van der Waals surface area contributed by atoms with Crippen LogP contribution in [0.5, 0.6) is 0 Å². The SMILES string of the molecule is CCCCCCCCCCCCN(CCC(C)=O)C(=O)OC. The Morgan fingerprint density at radius 3 is 1.77 bits per heavy atom. The average molecular weight is 313 g/mol. The Balaban J connectivity index is 3.59. The van der Waals surface area contributed by atoms with Crippen molar-refractivity contribution in [2.24, 2.45) is 0 Å². The highest BCUT2D eigenvalue weighted by atomic mass is 16.5. The molecule has 0 aromatic rings. The third kappa shape index (κ3) is 12.7. The topological polar surface area (TPSA) is 46.6 Å². The third-order valence-electron chi connectivity index (χ3n) is 3.95. The number of ketones is 1. The highest BCUT2D eigenvalue weighted by molar-refractivity contribution is 5.76. The average Bonchev–Trinajstić information content (AvgIpc) is 2.51. The van der Waals surface area contributed by atoms with E-state index in [2.05, 4.69) is 6.92 Å². The van der Waals surface area contributed by atoms with Crippen LogP contribution in [0.3, 0.4) is 0 Å². The van der Waals surface area contributed by atoms with Crippen LogP contribution in [0.25, 0.3) is 0 Å². The summed E-state index contributed by atoms with van der Waals surface area (Å²) < 4.78 is 4.76. The standard InChI is InChI=1S/C18H35NO3/c1-4-5-6-7-8-9-10-11-12-13-15-19(18(21)22-3)16-14-17(2)20/h4-16H2,1-3H3. The Bertz CT molecular complexity index is 292. The molecule has 0 heterocycles. The summed E-state index contributed by atoms with van der Waals surface area (Å²) in [6.45, 7) is 4.96. The molecular formula is C18H35NO3. The Morgan fingerprint density at radius 2 is 1.32 bits per heavy atom. The van der Waals surface area contributed by atoms with Crippen molar-refractivity contribution < 1.29 is 14.3 Å². The molecule has 22 heavy (non-hydrogen) atoms. The van der Waals surface area contributed by atoms with Crippen molar-refractivity contribution in [2.75, 3.05) is 20.2 Å². The first-order valence-electron chi connectivity index (χ1n) is 8.94. The smallest absolute Gasteiger partial charge is 0.409 e. The summed E-state index contributed by atoms with van der Waals surface area (Å²) in [7, 11) is 1.39. The summed E-state index contributed by atoms with van der Waals surface area (Å²) in [6, 6.07) is 0. The molecule has 0 saturated heterocycles. The van der Waals surface area contributed by atoms with E-state index in [0.29, 0.717) is 19.5 Å². The molecule has 0 rings (SSSR count). The molecule has 0 aliphatic heterocycles. The van der Waals surface area contributed by atoms with Crippen LogP contribution in [-0.2, 0) is 9.53 Å². The lowest BCUT2D eigenvalue weighted by molar-refractivity contribution is -0.117. The maximum Gasteiger partial charge on any atom is 0.409 e. The number of nitrogens with zero attached hydrogens (tertiary/aromatic N) is 1. The van der Waals surface area contributed by atoms with E-state index < -0.39 is 0 Å². The van der Waals surface area contributed by atoms with Gasteiger partial charge in [0.15, 0.2) is 0 Å². The van der Waals surface area contributed by atoms with Gasteiger partial charge in [-0.25, -0.2) is 4.79 Å². The van der Waals surface area contributed by atoms with Crippen molar-refractivity contribution in [3.8, 4) is 0 Å². The minimum atomic E-state index is -0.322. The first-order valence-corrected chi connectivity index (χ1v) is 8.94. The van der Waals surface area contributed by atoms with Gasteiger partial charge in [-0.1, -0.05) is 64.7 Å². The molecule has 0 N–H and O–H groups in total. The predicted octanol–water partition coefficient (Wildman–Crippen LogP) is 4.95. The molecule has 4 nitrogen and oxygen atoms in total. The minimum absolute atomic E-state index is 0.108. The van der Waals surface area contributed by atoms with Crippen LogP contribution in [0.1, 0.15) is 84.5 Å². The highest BCUT2D eigenvalue weighted by Gasteiger charge is 2.13. The summed E-state index contributed by atoms with van der Waals surface area (Å²) in [5.41, 5.74) is 0. The van der Waals surface area contributed by atoms with E-state index in [-0.39, 0.29) is 11.9 Å². The van der Waals surface area contributed by atoms with E-state index in [0.717, 1.165) is 12.8 Å². The van der Waals surface area contributed by atoms with Crippen molar-refractivity contribution in [3.63, 3.8) is 0 Å². The molecule has 4 heteroatoms. The third-order valence-corrected chi connectivity index (χ3v) is 3.95. The van der Waals surface area contributed by atoms with E-state index in [1.807, 2.05) is 0 Å². The van der Waals surface area contributed by atoms with Crippen LogP contribution in [0.2, 0.25) is 0 Å². The van der Waals surface area contributed by atoms with Crippen molar-refractivity contribution in [1.82, 2.24) is 4.90 Å². The van der Waals surface area contributed by atoms with Gasteiger partial charge in [-0.3, -0.25) is 4.79 Å². The van der Waals surface area contributed by atoms with Gasteiger partial charge in [0.1, 0.15) is 5.78 Å². The van der Waals surface area contributed by atoms with Gasteiger partial charge in [-0.2, -0.15) is 0 Å². The molecule has 0 fully saturated rings. The molecule has 0 aromatic heterocycles. The zero-order valence-corrected chi connectivity index (χ0v) is 14.9. The maximum absolute atomic E-state index is 11.6. The molecule has 0 aliphatic carbocycles. The Kier molecular flexibility index (Phi) is 14.1. The fourth-order valence-corrected chi connectivity index (χ4v) is 2.51. The molecule has 0 aliphatic rings. The number of carbonyl (C=O) groups is 2. The largest absolute Gasteiger partial charge is 0.453 e. The second-order valence-corrected chi connectivity index (χ2v) is 6.09. The van der Waals surface area contributed by atoms with E-state index in [9.17, 15) is 9.59 Å². The maximum atomic E-state index is 11.6. The van der Waals surface area contributed by atoms with Crippen LogP contribution in [-0.4, -0.2) is 37.0 Å². The monoisotopic (exact) mass is 313 g/mol. The number of hydrogen-bond acceptors (Lipinski definition) is 3. The van der Waals surface area contributed by atoms with Crippen LogP contribution < -0.4 is 0 Å². The minimum Gasteiger partial charge on any atom is -0.453 e. The Morgan fingerprint density at radius 1 is 0.818 bits per heavy atom. The quantitative estimate of drug-likeness (QED) is 0.426. The van der Waals surface area contributed by atoms with Crippen LogP contribution >= 0.6 is 0 Å². The number of carbonyl (C=O) groups excluding carboxylic acids is 2. The molecule has 0 spiro atoms. The van der Waals surface area contributed by atoms with Crippen LogP contribution in [0, 0.1) is 0 Å². The Labute approximate surface area is 136 Å². The lowest BCUT2D eigenvalue weighted by Crippen LogP contribution is -2.33. The fraction of sp³-hybridized carbons (Fsp3) is 0.889. The number of ether oxygens (including phenoxy) is 1. The second-order valence-electron chi connectivity index (χ2n) is 6.09. The lowest BCUT2D eigenvalue weighted by Gasteiger charge is -2.20. The highest BCUT2D eigenvalue weighted by Crippen LogP contribution is 2.11. The van der Waals surface area contributed by atoms with Gasteiger partial charge in [-0.15, -0.1) is 0 Å². The molecule has 1 amide bonds. The number of methoxy groups -OCH3 is 1. The molecule has 0 unspecified atom stereocenters. The van der Waals surface area contributed by atoms with Gasteiger partial charge in [0, 0.05) is 19.5 Å². The molecule has 0 aromatic carbocycles. The molecule has 130 valence electrons. The molecular weight excluding hydrogens is 278 g/mol. The molecule has 0 saturated carbocycles. The van der Waals surface area contributed by atoms with E-state index >= 15 is 0 Å². The van der Waals surface area contributed by atoms with E-state index in [1.54, 1.807) is 11.8 Å². The van der Waals surface area contributed by atoms with Gasteiger partial charge in [0.2, 0.25) is 0 Å². The number of unbranched alkanes of at least 4 members (excludes halogenated alkanes) is 9. The van der Waals surface area contributed by atoms with Crippen LogP contribution in [0.15, 0.2) is 0 Å². The van der Waals surface area contributed by atoms with Gasteiger partial charge < -0.3 is 9.64 Å². The number of rotatable bonds is 14. The number of hydrogen-bond donors (Lipinski definition) is 0. The van der Waals surface area contributed by atoms with E-state index in [4.69, 9.17) is 4.74 Å². The van der Waals surface area contributed by atoms with E-state index in [1.165, 1.54) is 58.5 Å². The first-order chi connectivity index (χ1) is 10.6. The fourth-order valence-electron chi connectivity index (χ4n) is 2.51. The summed E-state index contributed by atoms with van der Waals surface area (Å²) in [5, 5.41) is 0. The summed E-state index contributed by atoms with van der Waals surface area (Å²) in [4.78, 5) is 24.3. The van der Waals surface area contributed by atoms with Gasteiger partial charge in [0.05, 0.1) is 7.11 Å². The number of Topliss-reactive ketones (excluding diaryl/α,β-unsaturated/α-hetero) is 1. The summed E-state index contributed by atoms with van der Waals surface area (Å²) in [5.74, 6) is 0.108. The van der Waals surface area contributed by atoms with Gasteiger partial charge >= 0.3 is 6.09 Å². The van der Waals surface area contributed by atoms with Crippen molar-refractivity contribution in [1.29, 1.82) is 0 Å². The van der Waals surface area contributed by atoms with Crippen LogP contribution in [0.4, 0.5) is 4.79 Å². The number of amides is 1. The first kappa shape index (κ1) is 20.9. The van der Waals surface area contributed by atoms with Crippen molar-refractivity contribution in [3.05, 3.63) is 0 Å². The molecule has 0 radical (unpaired) electrons. The summed E-state index contributed by atoms with van der Waals surface area (Å²) in [6.07, 6.45) is 12.8. The van der Waals surface area contributed by atoms with Crippen molar-refractivity contribution >= 4 is 11.9 Å². The van der Waals surface area contributed by atoms with Gasteiger partial charge in [-0.05, 0) is 13.3 Å². The molecule has 0 bridgehead atoms. The van der Waals surface area contributed by atoms with Crippen molar-refractivity contribution in [2.45, 2.75) is 84.5 Å². The zero-order valence-electron chi connectivity index (χ0n) is 14.9. The molecule has 0 atom stereocenters. The Hall–Kier alpha value is -1.06.